The van der Waals surface area contributed by atoms with Crippen LogP contribution < -0.4 is 10.1 Å². The maximum atomic E-state index is 14.3. The van der Waals surface area contributed by atoms with Crippen molar-refractivity contribution >= 4 is 0 Å². The number of morpholine rings is 1. The molecule has 1 N–H and O–H groups in total. The fourth-order valence-electron chi connectivity index (χ4n) is 2.56. The first-order valence-corrected chi connectivity index (χ1v) is 7.02. The highest BCUT2D eigenvalue weighted by molar-refractivity contribution is 5.31. The van der Waals surface area contributed by atoms with Gasteiger partial charge in [-0.05, 0) is 19.7 Å². The van der Waals surface area contributed by atoms with E-state index in [0.717, 1.165) is 19.6 Å². The molecule has 0 saturated carbocycles. The third-order valence-electron chi connectivity index (χ3n) is 3.64. The Kier molecular flexibility index (Phi) is 5.34. The zero-order chi connectivity index (χ0) is 14.5. The molecule has 1 aromatic carbocycles. The maximum Gasteiger partial charge on any atom is 0.131 e. The molecule has 112 valence electrons. The minimum Gasteiger partial charge on any atom is -0.497 e. The first-order valence-electron chi connectivity index (χ1n) is 7.02. The van der Waals surface area contributed by atoms with Crippen LogP contribution in [0.15, 0.2) is 18.2 Å². The molecule has 0 bridgehead atoms. The van der Waals surface area contributed by atoms with Crippen molar-refractivity contribution in [3.8, 4) is 5.75 Å². The van der Waals surface area contributed by atoms with Gasteiger partial charge in [-0.1, -0.05) is 13.0 Å². The highest BCUT2D eigenvalue weighted by Gasteiger charge is 2.29. The Labute approximate surface area is 119 Å². The van der Waals surface area contributed by atoms with E-state index >= 15 is 0 Å². The summed E-state index contributed by atoms with van der Waals surface area (Å²) < 4.78 is 25.2. The number of methoxy groups -OCH3 is 1. The lowest BCUT2D eigenvalue weighted by Gasteiger charge is -2.35. The van der Waals surface area contributed by atoms with Crippen LogP contribution in [0.4, 0.5) is 4.39 Å². The normalized spacial score (nSPS) is 21.7. The summed E-state index contributed by atoms with van der Waals surface area (Å²) in [5.41, 5.74) is 0.632. The summed E-state index contributed by atoms with van der Waals surface area (Å²) in [4.78, 5) is 2.21. The zero-order valence-corrected chi connectivity index (χ0v) is 12.4. The molecule has 2 unspecified atom stereocenters. The smallest absolute Gasteiger partial charge is 0.131 e. The van der Waals surface area contributed by atoms with Gasteiger partial charge < -0.3 is 19.7 Å². The summed E-state index contributed by atoms with van der Waals surface area (Å²) in [6.45, 7) is 5.17. The van der Waals surface area contributed by atoms with Gasteiger partial charge in [0.15, 0.2) is 0 Å². The van der Waals surface area contributed by atoms with E-state index in [1.54, 1.807) is 12.1 Å². The molecule has 1 aliphatic heterocycles. The van der Waals surface area contributed by atoms with E-state index in [-0.39, 0.29) is 18.0 Å². The molecule has 0 amide bonds. The van der Waals surface area contributed by atoms with Crippen molar-refractivity contribution in [2.45, 2.75) is 19.1 Å². The summed E-state index contributed by atoms with van der Waals surface area (Å²) in [5, 5.41) is 3.33. The van der Waals surface area contributed by atoms with Crippen LogP contribution in [-0.4, -0.2) is 51.4 Å². The highest BCUT2D eigenvalue weighted by Crippen LogP contribution is 2.27. The van der Waals surface area contributed by atoms with Gasteiger partial charge in [-0.2, -0.15) is 0 Å². The van der Waals surface area contributed by atoms with Crippen molar-refractivity contribution in [3.05, 3.63) is 29.6 Å². The Balaban J connectivity index is 2.23. The molecule has 0 spiro atoms. The van der Waals surface area contributed by atoms with E-state index in [2.05, 4.69) is 17.3 Å². The monoisotopic (exact) mass is 282 g/mol. The maximum absolute atomic E-state index is 14.3. The summed E-state index contributed by atoms with van der Waals surface area (Å²) >= 11 is 0. The van der Waals surface area contributed by atoms with Crippen LogP contribution in [0.1, 0.15) is 18.5 Å². The van der Waals surface area contributed by atoms with E-state index in [1.165, 1.54) is 13.2 Å². The van der Waals surface area contributed by atoms with Gasteiger partial charge in [0.2, 0.25) is 0 Å². The molecular weight excluding hydrogens is 259 g/mol. The fraction of sp³-hybridized carbons (Fsp3) is 0.600. The van der Waals surface area contributed by atoms with Gasteiger partial charge >= 0.3 is 0 Å². The van der Waals surface area contributed by atoms with Crippen molar-refractivity contribution in [3.63, 3.8) is 0 Å². The van der Waals surface area contributed by atoms with Crippen molar-refractivity contribution in [1.29, 1.82) is 0 Å². The van der Waals surface area contributed by atoms with Crippen LogP contribution in [0.5, 0.6) is 5.75 Å². The summed E-state index contributed by atoms with van der Waals surface area (Å²) in [5.74, 6) is 0.273. The number of likely N-dealkylation sites (N-methyl/N-ethyl adjacent to an activating group) is 2. The second-order valence-electron chi connectivity index (χ2n) is 5.09. The molecule has 2 atom stereocenters. The van der Waals surface area contributed by atoms with Crippen molar-refractivity contribution < 1.29 is 13.9 Å². The highest BCUT2D eigenvalue weighted by atomic mass is 19.1. The third-order valence-corrected chi connectivity index (χ3v) is 3.64. The Morgan fingerprint density at radius 2 is 2.35 bits per heavy atom. The van der Waals surface area contributed by atoms with Crippen LogP contribution in [0.25, 0.3) is 0 Å². The second-order valence-corrected chi connectivity index (χ2v) is 5.09. The van der Waals surface area contributed by atoms with E-state index in [4.69, 9.17) is 9.47 Å². The molecule has 20 heavy (non-hydrogen) atoms. The van der Waals surface area contributed by atoms with Gasteiger partial charge in [0.25, 0.3) is 0 Å². The Morgan fingerprint density at radius 3 is 2.95 bits per heavy atom. The minimum atomic E-state index is -0.257. The summed E-state index contributed by atoms with van der Waals surface area (Å²) in [6, 6.07) is 4.84. The van der Waals surface area contributed by atoms with Crippen molar-refractivity contribution in [1.82, 2.24) is 10.2 Å². The average molecular weight is 282 g/mol. The molecule has 0 aromatic heterocycles. The lowest BCUT2D eigenvalue weighted by Crippen LogP contribution is -2.47. The molecule has 5 heteroatoms. The predicted octanol–water partition coefficient (Wildman–Crippen LogP) is 1.82. The van der Waals surface area contributed by atoms with Crippen molar-refractivity contribution in [2.75, 3.05) is 40.4 Å². The Hall–Kier alpha value is -1.17. The van der Waals surface area contributed by atoms with Gasteiger partial charge in [0.1, 0.15) is 11.6 Å². The van der Waals surface area contributed by atoms with Gasteiger partial charge in [0, 0.05) is 24.7 Å². The molecule has 1 aromatic rings. The molecular formula is C15H23FN2O2. The predicted molar refractivity (Wildman–Crippen MR) is 76.6 cm³/mol. The topological polar surface area (TPSA) is 33.7 Å². The molecule has 1 saturated heterocycles. The summed E-state index contributed by atoms with van der Waals surface area (Å²) in [7, 11) is 3.60. The molecule has 4 nitrogen and oxygen atoms in total. The van der Waals surface area contributed by atoms with Gasteiger partial charge in [-0.3, -0.25) is 0 Å². The SMILES string of the molecule is CCNC(c1ccc(OC)cc1F)C1CN(C)CCO1. The number of nitrogens with one attached hydrogen (secondary N) is 1. The van der Waals surface area contributed by atoms with Gasteiger partial charge in [0.05, 0.1) is 25.9 Å². The largest absolute Gasteiger partial charge is 0.497 e. The van der Waals surface area contributed by atoms with E-state index in [0.29, 0.717) is 17.9 Å². The zero-order valence-electron chi connectivity index (χ0n) is 12.4. The summed E-state index contributed by atoms with van der Waals surface area (Å²) in [6.07, 6.45) is -0.0448. The van der Waals surface area contributed by atoms with Crippen LogP contribution in [0.2, 0.25) is 0 Å². The number of hydrogen-bond donors (Lipinski definition) is 1. The molecule has 0 aliphatic carbocycles. The molecule has 1 fully saturated rings. The average Bonchev–Trinajstić information content (AvgIpc) is 2.45. The molecule has 0 radical (unpaired) electrons. The minimum absolute atomic E-state index is 0.0448. The standard InChI is InChI=1S/C15H23FN2O2/c1-4-17-15(14-10-18(2)7-8-20-14)12-6-5-11(19-3)9-13(12)16/h5-6,9,14-15,17H,4,7-8,10H2,1-3H3. The van der Waals surface area contributed by atoms with Crippen LogP contribution >= 0.6 is 0 Å². The van der Waals surface area contributed by atoms with Crippen LogP contribution in [0.3, 0.4) is 0 Å². The number of benzene rings is 1. The second kappa shape index (κ2) is 7.02. The molecule has 1 heterocycles. The fourth-order valence-corrected chi connectivity index (χ4v) is 2.56. The number of halogens is 1. The quantitative estimate of drug-likeness (QED) is 0.893. The molecule has 1 aliphatic rings. The van der Waals surface area contributed by atoms with E-state index in [1.807, 2.05) is 6.92 Å². The lowest BCUT2D eigenvalue weighted by molar-refractivity contribution is -0.0395. The van der Waals surface area contributed by atoms with E-state index < -0.39 is 0 Å². The van der Waals surface area contributed by atoms with E-state index in [9.17, 15) is 4.39 Å². The number of ether oxygens (including phenoxy) is 2. The Bertz CT molecular complexity index is 442. The first kappa shape index (κ1) is 15.2. The Morgan fingerprint density at radius 1 is 1.55 bits per heavy atom. The number of rotatable bonds is 5. The number of hydrogen-bond acceptors (Lipinski definition) is 4. The van der Waals surface area contributed by atoms with Crippen LogP contribution in [0, 0.1) is 5.82 Å². The van der Waals surface area contributed by atoms with Crippen molar-refractivity contribution in [2.24, 2.45) is 0 Å². The molecule has 2 rings (SSSR count). The van der Waals surface area contributed by atoms with Gasteiger partial charge in [-0.25, -0.2) is 4.39 Å². The first-order chi connectivity index (χ1) is 9.65. The lowest BCUT2D eigenvalue weighted by atomic mass is 9.99. The van der Waals surface area contributed by atoms with Gasteiger partial charge in [-0.15, -0.1) is 0 Å². The third kappa shape index (κ3) is 3.48. The number of nitrogens with zero attached hydrogens (tertiary/aromatic N) is 1. The van der Waals surface area contributed by atoms with Crippen LogP contribution in [-0.2, 0) is 4.74 Å².